The molecule has 0 aliphatic heterocycles. The lowest BCUT2D eigenvalue weighted by atomic mass is 10.1. The van der Waals surface area contributed by atoms with Crippen molar-refractivity contribution in [1.82, 2.24) is 0 Å². The highest BCUT2D eigenvalue weighted by Crippen LogP contribution is 2.18. The summed E-state index contributed by atoms with van der Waals surface area (Å²) in [4.78, 5) is 0. The smallest absolute Gasteiger partial charge is 0.0342 e. The van der Waals surface area contributed by atoms with Crippen molar-refractivity contribution < 1.29 is 0 Å². The van der Waals surface area contributed by atoms with Gasteiger partial charge in [0.25, 0.3) is 0 Å². The van der Waals surface area contributed by atoms with Gasteiger partial charge in [0.15, 0.2) is 0 Å². The first kappa shape index (κ1) is 11.6. The van der Waals surface area contributed by atoms with E-state index in [1.165, 1.54) is 11.1 Å². The summed E-state index contributed by atoms with van der Waals surface area (Å²) in [7, 11) is 0. The van der Waals surface area contributed by atoms with Gasteiger partial charge in [-0.15, -0.1) is 0 Å². The molecule has 0 bridgehead atoms. The van der Waals surface area contributed by atoms with E-state index in [9.17, 15) is 0 Å². The molecule has 1 aromatic rings. The molecule has 0 saturated heterocycles. The minimum Gasteiger partial charge on any atom is -0.383 e. The van der Waals surface area contributed by atoms with E-state index in [0.29, 0.717) is 6.04 Å². The molecule has 0 aliphatic carbocycles. The molecule has 0 spiro atoms. The van der Waals surface area contributed by atoms with Crippen LogP contribution in [0, 0.1) is 0 Å². The van der Waals surface area contributed by atoms with Gasteiger partial charge in [0.2, 0.25) is 0 Å². The Labute approximate surface area is 92.5 Å². The zero-order valence-corrected chi connectivity index (χ0v) is 9.75. The summed E-state index contributed by atoms with van der Waals surface area (Å²) >= 11 is 0. The maximum Gasteiger partial charge on any atom is 0.0342 e. The highest BCUT2D eigenvalue weighted by Gasteiger charge is 1.97. The van der Waals surface area contributed by atoms with Crippen molar-refractivity contribution in [3.8, 4) is 0 Å². The Morgan fingerprint density at radius 1 is 1.27 bits per heavy atom. The van der Waals surface area contributed by atoms with Crippen molar-refractivity contribution in [2.45, 2.75) is 26.8 Å². The van der Waals surface area contributed by atoms with E-state index in [2.05, 4.69) is 56.1 Å². The summed E-state index contributed by atoms with van der Waals surface area (Å²) < 4.78 is 0. The summed E-state index contributed by atoms with van der Waals surface area (Å²) in [5.41, 5.74) is 3.54. The first-order chi connectivity index (χ1) is 7.17. The molecule has 0 saturated carbocycles. The highest BCUT2D eigenvalue weighted by molar-refractivity contribution is 5.74. The van der Waals surface area contributed by atoms with E-state index in [1.807, 2.05) is 13.0 Å². The van der Waals surface area contributed by atoms with Crippen LogP contribution in [0.2, 0.25) is 0 Å². The van der Waals surface area contributed by atoms with Crippen molar-refractivity contribution in [2.75, 3.05) is 5.32 Å². The number of hydrogen-bond acceptors (Lipinski definition) is 1. The van der Waals surface area contributed by atoms with E-state index in [0.717, 1.165) is 5.69 Å². The minimum atomic E-state index is 0.469. The third-order valence-corrected chi connectivity index (χ3v) is 2.20. The SMILES string of the molecule is C=C/C(=C\C)c1ccc(NC(C)C)cc1. The van der Waals surface area contributed by atoms with Gasteiger partial charge < -0.3 is 5.32 Å². The number of allylic oxidation sites excluding steroid dienone is 3. The topological polar surface area (TPSA) is 12.0 Å². The fourth-order valence-electron chi connectivity index (χ4n) is 1.49. The molecule has 0 atom stereocenters. The Balaban J connectivity index is 2.85. The van der Waals surface area contributed by atoms with Crippen molar-refractivity contribution in [2.24, 2.45) is 0 Å². The van der Waals surface area contributed by atoms with Crippen molar-refractivity contribution in [1.29, 1.82) is 0 Å². The maximum atomic E-state index is 3.80. The molecule has 1 nitrogen and oxygen atoms in total. The molecule has 0 fully saturated rings. The number of rotatable bonds is 4. The van der Waals surface area contributed by atoms with Gasteiger partial charge in [-0.25, -0.2) is 0 Å². The monoisotopic (exact) mass is 201 g/mol. The van der Waals surface area contributed by atoms with Gasteiger partial charge in [0.05, 0.1) is 0 Å². The number of anilines is 1. The predicted octanol–water partition coefficient (Wildman–Crippen LogP) is 4.10. The Bertz CT molecular complexity index is 344. The lowest BCUT2D eigenvalue weighted by Crippen LogP contribution is -2.09. The van der Waals surface area contributed by atoms with Gasteiger partial charge >= 0.3 is 0 Å². The highest BCUT2D eigenvalue weighted by atomic mass is 14.9. The summed E-state index contributed by atoms with van der Waals surface area (Å²) in [6, 6.07) is 8.89. The van der Waals surface area contributed by atoms with Crippen LogP contribution in [0.4, 0.5) is 5.69 Å². The van der Waals surface area contributed by atoms with Gasteiger partial charge in [-0.05, 0) is 44.0 Å². The van der Waals surface area contributed by atoms with Gasteiger partial charge in [0.1, 0.15) is 0 Å². The van der Waals surface area contributed by atoms with Crippen LogP contribution in [0.3, 0.4) is 0 Å². The van der Waals surface area contributed by atoms with Crippen LogP contribution < -0.4 is 5.32 Å². The Morgan fingerprint density at radius 2 is 1.87 bits per heavy atom. The summed E-state index contributed by atoms with van der Waals surface area (Å²) in [5.74, 6) is 0. The van der Waals surface area contributed by atoms with E-state index in [1.54, 1.807) is 0 Å². The van der Waals surface area contributed by atoms with Crippen LogP contribution >= 0.6 is 0 Å². The molecule has 80 valence electrons. The average Bonchev–Trinajstić information content (AvgIpc) is 2.21. The van der Waals surface area contributed by atoms with E-state index < -0.39 is 0 Å². The second-order valence-corrected chi connectivity index (χ2v) is 3.82. The van der Waals surface area contributed by atoms with Crippen molar-refractivity contribution >= 4 is 11.3 Å². The first-order valence-corrected chi connectivity index (χ1v) is 5.33. The van der Waals surface area contributed by atoms with E-state index in [-0.39, 0.29) is 0 Å². The lowest BCUT2D eigenvalue weighted by molar-refractivity contribution is 0.900. The molecule has 1 N–H and O–H groups in total. The van der Waals surface area contributed by atoms with Crippen LogP contribution in [0.25, 0.3) is 5.57 Å². The molecule has 15 heavy (non-hydrogen) atoms. The summed E-state index contributed by atoms with van der Waals surface area (Å²) in [6.45, 7) is 10.1. The molecule has 0 heterocycles. The standard InChI is InChI=1S/C14H19N/c1-5-12(6-2)13-7-9-14(10-8-13)15-11(3)4/h5-11,15H,1H2,2-4H3/b12-6+. The molecular formula is C14H19N. The van der Waals surface area contributed by atoms with E-state index in [4.69, 9.17) is 0 Å². The molecule has 1 heteroatoms. The molecule has 0 radical (unpaired) electrons. The van der Waals surface area contributed by atoms with Gasteiger partial charge in [-0.1, -0.05) is 30.9 Å². The molecule has 0 aromatic heterocycles. The summed E-state index contributed by atoms with van der Waals surface area (Å²) in [6.07, 6.45) is 3.95. The molecule has 1 rings (SSSR count). The van der Waals surface area contributed by atoms with Crippen LogP contribution in [-0.2, 0) is 0 Å². The van der Waals surface area contributed by atoms with Crippen LogP contribution in [0.15, 0.2) is 43.0 Å². The largest absolute Gasteiger partial charge is 0.383 e. The van der Waals surface area contributed by atoms with Crippen molar-refractivity contribution in [3.63, 3.8) is 0 Å². The number of hydrogen-bond donors (Lipinski definition) is 1. The maximum absolute atomic E-state index is 3.80. The Morgan fingerprint density at radius 3 is 2.27 bits per heavy atom. The lowest BCUT2D eigenvalue weighted by Gasteiger charge is -2.10. The molecule has 0 unspecified atom stereocenters. The van der Waals surface area contributed by atoms with Crippen LogP contribution in [-0.4, -0.2) is 6.04 Å². The molecule has 1 aromatic carbocycles. The molecule has 0 amide bonds. The fraction of sp³-hybridized carbons (Fsp3) is 0.286. The zero-order valence-electron chi connectivity index (χ0n) is 9.75. The van der Waals surface area contributed by atoms with Gasteiger partial charge in [-0.3, -0.25) is 0 Å². The number of benzene rings is 1. The minimum absolute atomic E-state index is 0.469. The van der Waals surface area contributed by atoms with Crippen molar-refractivity contribution in [3.05, 3.63) is 48.6 Å². The molecular weight excluding hydrogens is 182 g/mol. The second kappa shape index (κ2) is 5.40. The zero-order chi connectivity index (χ0) is 11.3. The first-order valence-electron chi connectivity index (χ1n) is 5.33. The third-order valence-electron chi connectivity index (χ3n) is 2.20. The normalized spacial score (nSPS) is 11.6. The van der Waals surface area contributed by atoms with Crippen LogP contribution in [0.1, 0.15) is 26.3 Å². The van der Waals surface area contributed by atoms with Gasteiger partial charge in [-0.2, -0.15) is 0 Å². The fourth-order valence-corrected chi connectivity index (χ4v) is 1.49. The van der Waals surface area contributed by atoms with Crippen LogP contribution in [0.5, 0.6) is 0 Å². The second-order valence-electron chi connectivity index (χ2n) is 3.82. The predicted molar refractivity (Wildman–Crippen MR) is 69.0 cm³/mol. The average molecular weight is 201 g/mol. The Hall–Kier alpha value is -1.50. The van der Waals surface area contributed by atoms with Gasteiger partial charge in [0, 0.05) is 11.7 Å². The summed E-state index contributed by atoms with van der Waals surface area (Å²) in [5, 5.41) is 3.36. The third kappa shape index (κ3) is 3.28. The quantitative estimate of drug-likeness (QED) is 0.723. The van der Waals surface area contributed by atoms with E-state index >= 15 is 0 Å². The Kier molecular flexibility index (Phi) is 4.17. The molecule has 0 aliphatic rings. The number of nitrogens with one attached hydrogen (secondary N) is 1.